The number of hydrogen-bond donors (Lipinski definition) is 4. The first kappa shape index (κ1) is 32.0. The summed E-state index contributed by atoms with van der Waals surface area (Å²) < 4.78 is 66.0. The van der Waals surface area contributed by atoms with E-state index < -0.39 is 76.3 Å². The van der Waals surface area contributed by atoms with Gasteiger partial charge in [-0.25, -0.2) is 22.0 Å². The monoisotopic (exact) mass is 535 g/mol. The predicted molar refractivity (Wildman–Crippen MR) is 113 cm³/mol. The molecular formula is C20H32F2N3NaO8S. The molecule has 1 saturated heterocycles. The van der Waals surface area contributed by atoms with E-state index >= 15 is 0 Å². The van der Waals surface area contributed by atoms with E-state index in [1.807, 2.05) is 0 Å². The van der Waals surface area contributed by atoms with Crippen LogP contribution in [0.15, 0.2) is 0 Å². The third-order valence-electron chi connectivity index (χ3n) is 5.92. The van der Waals surface area contributed by atoms with E-state index in [-0.39, 0.29) is 61.2 Å². The Morgan fingerprint density at radius 3 is 2.31 bits per heavy atom. The summed E-state index contributed by atoms with van der Waals surface area (Å²) in [5.74, 6) is -4.91. The first-order chi connectivity index (χ1) is 15.7. The molecule has 0 bridgehead atoms. The Labute approximate surface area is 225 Å². The zero-order valence-electron chi connectivity index (χ0n) is 20.1. The summed E-state index contributed by atoms with van der Waals surface area (Å²) >= 11 is 0. The van der Waals surface area contributed by atoms with Crippen LogP contribution in [0.2, 0.25) is 0 Å². The molecule has 0 aromatic rings. The standard InChI is InChI=1S/C20H33F2N3O8S.Na/c1-11(2)9-14(25-19(29)33-13-3-6-20(21,22)7-4-13)17(27)24-15(18(28)34(30,31)32)10-12-5-8-23-16(12)26;/h11-15,18,28H,3-10H2,1-2H3,(H,23,26)(H,24,27)(H,25,29)(H,30,31,32);/q;+1/p-1/t12-,14+,15+,18?;/m1./s1. The van der Waals surface area contributed by atoms with E-state index in [0.29, 0.717) is 13.0 Å². The van der Waals surface area contributed by atoms with E-state index in [2.05, 4.69) is 16.0 Å². The van der Waals surface area contributed by atoms with Crippen LogP contribution in [0, 0.1) is 11.8 Å². The molecule has 4 N–H and O–H groups in total. The molecule has 4 atom stereocenters. The Morgan fingerprint density at radius 2 is 1.83 bits per heavy atom. The van der Waals surface area contributed by atoms with Crippen LogP contribution in [0.25, 0.3) is 0 Å². The van der Waals surface area contributed by atoms with Crippen LogP contribution in [-0.4, -0.2) is 72.1 Å². The van der Waals surface area contributed by atoms with Gasteiger partial charge in [0.05, 0.1) is 6.04 Å². The normalized spacial score (nSPS) is 22.9. The van der Waals surface area contributed by atoms with E-state index in [0.717, 1.165) is 0 Å². The first-order valence-electron chi connectivity index (χ1n) is 11.2. The Bertz CT molecular complexity index is 851. The van der Waals surface area contributed by atoms with Crippen molar-refractivity contribution in [1.29, 1.82) is 0 Å². The summed E-state index contributed by atoms with van der Waals surface area (Å²) in [5, 5.41) is 17.2. The van der Waals surface area contributed by atoms with Crippen molar-refractivity contribution in [2.45, 2.75) is 88.3 Å². The number of alkyl halides is 2. The van der Waals surface area contributed by atoms with Crippen molar-refractivity contribution in [3.63, 3.8) is 0 Å². The third kappa shape index (κ3) is 10.4. The summed E-state index contributed by atoms with van der Waals surface area (Å²) in [5.41, 5.74) is -2.50. The van der Waals surface area contributed by atoms with Gasteiger partial charge in [-0.1, -0.05) is 13.8 Å². The predicted octanol–water partition coefficient (Wildman–Crippen LogP) is -2.42. The Morgan fingerprint density at radius 1 is 1.23 bits per heavy atom. The first-order valence-corrected chi connectivity index (χ1v) is 12.7. The van der Waals surface area contributed by atoms with Crippen molar-refractivity contribution < 1.29 is 75.5 Å². The minimum Gasteiger partial charge on any atom is -0.746 e. The fourth-order valence-corrected chi connectivity index (χ4v) is 4.65. The summed E-state index contributed by atoms with van der Waals surface area (Å²) in [4.78, 5) is 37.1. The number of amides is 3. The molecule has 0 spiro atoms. The van der Waals surface area contributed by atoms with Crippen LogP contribution in [-0.2, 0) is 24.4 Å². The summed E-state index contributed by atoms with van der Waals surface area (Å²) in [6.45, 7) is 3.85. The van der Waals surface area contributed by atoms with Gasteiger partial charge in [0, 0.05) is 25.3 Å². The molecule has 11 nitrogen and oxygen atoms in total. The smallest absolute Gasteiger partial charge is 0.746 e. The molecule has 2 rings (SSSR count). The number of aliphatic hydroxyl groups excluding tert-OH is 1. The number of nitrogens with one attached hydrogen (secondary N) is 3. The van der Waals surface area contributed by atoms with Gasteiger partial charge in [-0.15, -0.1) is 0 Å². The number of aliphatic hydroxyl groups is 1. The van der Waals surface area contributed by atoms with E-state index in [4.69, 9.17) is 4.74 Å². The van der Waals surface area contributed by atoms with E-state index in [1.165, 1.54) is 0 Å². The molecule has 3 amide bonds. The summed E-state index contributed by atoms with van der Waals surface area (Å²) in [6.07, 6.45) is -2.49. The van der Waals surface area contributed by atoms with Gasteiger partial charge >= 0.3 is 35.7 Å². The van der Waals surface area contributed by atoms with Crippen molar-refractivity contribution in [2.24, 2.45) is 11.8 Å². The summed E-state index contributed by atoms with van der Waals surface area (Å²) in [6, 6.07) is -2.81. The molecular weight excluding hydrogens is 503 g/mol. The average Bonchev–Trinajstić information content (AvgIpc) is 3.11. The molecule has 1 saturated carbocycles. The van der Waals surface area contributed by atoms with Crippen molar-refractivity contribution in [1.82, 2.24) is 16.0 Å². The Balaban J connectivity index is 0.00000612. The van der Waals surface area contributed by atoms with E-state index in [9.17, 15) is 41.2 Å². The molecule has 1 unspecified atom stereocenters. The van der Waals surface area contributed by atoms with Gasteiger partial charge in [-0.3, -0.25) is 9.59 Å². The van der Waals surface area contributed by atoms with Crippen molar-refractivity contribution in [2.75, 3.05) is 6.54 Å². The fourth-order valence-electron chi connectivity index (χ4n) is 4.07. The minimum absolute atomic E-state index is 0. The Hall–Kier alpha value is -1.06. The van der Waals surface area contributed by atoms with Gasteiger partial charge in [0.2, 0.25) is 17.7 Å². The van der Waals surface area contributed by atoms with Gasteiger partial charge in [-0.05, 0) is 38.0 Å². The number of halogens is 2. The van der Waals surface area contributed by atoms with Crippen LogP contribution in [0.4, 0.5) is 13.6 Å². The second-order valence-corrected chi connectivity index (χ2v) is 10.8. The number of hydrogen-bond acceptors (Lipinski definition) is 8. The zero-order chi connectivity index (χ0) is 25.7. The zero-order valence-corrected chi connectivity index (χ0v) is 22.9. The van der Waals surface area contributed by atoms with Gasteiger partial charge < -0.3 is 30.3 Å². The van der Waals surface area contributed by atoms with Crippen LogP contribution in [0.3, 0.4) is 0 Å². The molecule has 0 aromatic carbocycles. The molecule has 2 aliphatic rings. The largest absolute Gasteiger partial charge is 1.00 e. The van der Waals surface area contributed by atoms with Crippen molar-refractivity contribution >= 4 is 28.0 Å². The fraction of sp³-hybridized carbons (Fsp3) is 0.850. The van der Waals surface area contributed by atoms with Gasteiger partial charge in [0.15, 0.2) is 5.44 Å². The van der Waals surface area contributed by atoms with Crippen LogP contribution in [0.5, 0.6) is 0 Å². The average molecular weight is 536 g/mol. The quantitative estimate of drug-likeness (QED) is 0.177. The summed E-state index contributed by atoms with van der Waals surface area (Å²) in [7, 11) is -5.22. The second kappa shape index (κ2) is 13.5. The van der Waals surface area contributed by atoms with E-state index in [1.54, 1.807) is 13.8 Å². The molecule has 1 aliphatic carbocycles. The SMILES string of the molecule is CC(C)C[C@H](NC(=O)OC1CCC(F)(F)CC1)C(=O)N[C@@H](C[C@H]1CCNC1=O)C(O)S(=O)(=O)[O-].[Na+]. The molecule has 1 aliphatic heterocycles. The maximum Gasteiger partial charge on any atom is 1.00 e. The van der Waals surface area contributed by atoms with Crippen molar-refractivity contribution in [3.05, 3.63) is 0 Å². The minimum atomic E-state index is -5.22. The molecule has 15 heteroatoms. The second-order valence-electron chi connectivity index (χ2n) is 9.30. The number of alkyl carbamates (subject to hydrolysis) is 1. The molecule has 2 fully saturated rings. The molecule has 0 radical (unpaired) electrons. The van der Waals surface area contributed by atoms with Crippen molar-refractivity contribution in [3.8, 4) is 0 Å². The number of rotatable bonds is 10. The van der Waals surface area contributed by atoms with Crippen LogP contribution < -0.4 is 45.5 Å². The van der Waals surface area contributed by atoms with Crippen LogP contribution in [0.1, 0.15) is 58.8 Å². The van der Waals surface area contributed by atoms with Gasteiger partial charge in [-0.2, -0.15) is 0 Å². The third-order valence-corrected chi connectivity index (χ3v) is 6.84. The van der Waals surface area contributed by atoms with Gasteiger partial charge in [0.1, 0.15) is 22.3 Å². The number of carbonyl (C=O) groups excluding carboxylic acids is 3. The maximum absolute atomic E-state index is 13.3. The maximum atomic E-state index is 13.3. The number of carbonyl (C=O) groups is 3. The topological polar surface area (TPSA) is 174 Å². The Kier molecular flexibility index (Phi) is 12.3. The molecule has 0 aromatic heterocycles. The van der Waals surface area contributed by atoms with Gasteiger partial charge in [0.25, 0.3) is 0 Å². The molecule has 1 heterocycles. The van der Waals surface area contributed by atoms with Crippen LogP contribution >= 0.6 is 0 Å². The molecule has 196 valence electrons. The number of ether oxygens (including phenoxy) is 1. The molecule has 35 heavy (non-hydrogen) atoms.